The molecule has 0 N–H and O–H groups in total. The third-order valence-corrected chi connectivity index (χ3v) is 6.60. The van der Waals surface area contributed by atoms with Crippen LogP contribution in [0, 0.1) is 0 Å². The molecule has 1 aromatic rings. The standard InChI is InChI=1S/C19H27N3O6S/c1-13(2)22-18(23)12-21(19(22)24)16-6-5-15(11-17(16)28-14(3)4)29(25,26)20-7-9-27-10-8-20/h5-6,11,13-14H,7-10,12H2,1-4H3. The highest BCUT2D eigenvalue weighted by molar-refractivity contribution is 7.89. The van der Waals surface area contributed by atoms with Gasteiger partial charge >= 0.3 is 6.03 Å². The molecule has 0 saturated carbocycles. The number of hydrogen-bond acceptors (Lipinski definition) is 6. The number of urea groups is 1. The molecule has 0 aromatic heterocycles. The van der Waals surface area contributed by atoms with E-state index in [0.29, 0.717) is 18.9 Å². The largest absolute Gasteiger partial charge is 0.489 e. The van der Waals surface area contributed by atoms with Crippen LogP contribution in [0.1, 0.15) is 27.7 Å². The normalized spacial score (nSPS) is 19.0. The number of nitrogens with zero attached hydrogens (tertiary/aromatic N) is 3. The van der Waals surface area contributed by atoms with Crippen LogP contribution in [0.3, 0.4) is 0 Å². The molecule has 10 heteroatoms. The lowest BCUT2D eigenvalue weighted by Gasteiger charge is -2.27. The van der Waals surface area contributed by atoms with Crippen LogP contribution in [0.25, 0.3) is 0 Å². The third kappa shape index (κ3) is 4.24. The molecule has 3 amide bonds. The van der Waals surface area contributed by atoms with Crippen LogP contribution < -0.4 is 9.64 Å². The Balaban J connectivity index is 1.99. The number of sulfonamides is 1. The summed E-state index contributed by atoms with van der Waals surface area (Å²) in [5.74, 6) is -0.0494. The molecule has 2 fully saturated rings. The van der Waals surface area contributed by atoms with E-state index in [-0.39, 0.29) is 48.3 Å². The summed E-state index contributed by atoms with van der Waals surface area (Å²) in [6.45, 7) is 8.31. The zero-order valence-electron chi connectivity index (χ0n) is 17.1. The highest BCUT2D eigenvalue weighted by Gasteiger charge is 2.40. The van der Waals surface area contributed by atoms with Crippen LogP contribution in [0.15, 0.2) is 23.1 Å². The van der Waals surface area contributed by atoms with Gasteiger partial charge in [0, 0.05) is 25.2 Å². The zero-order valence-corrected chi connectivity index (χ0v) is 17.9. The van der Waals surface area contributed by atoms with Gasteiger partial charge in [0.1, 0.15) is 12.3 Å². The molecule has 2 saturated heterocycles. The van der Waals surface area contributed by atoms with Crippen molar-refractivity contribution in [3.8, 4) is 5.75 Å². The molecule has 29 heavy (non-hydrogen) atoms. The second-order valence-corrected chi connectivity index (χ2v) is 9.48. The second-order valence-electron chi connectivity index (χ2n) is 7.54. The van der Waals surface area contributed by atoms with Crippen LogP contribution in [-0.2, 0) is 19.6 Å². The maximum absolute atomic E-state index is 13.0. The van der Waals surface area contributed by atoms with Crippen LogP contribution in [0.2, 0.25) is 0 Å². The van der Waals surface area contributed by atoms with Gasteiger partial charge in [0.2, 0.25) is 10.0 Å². The molecule has 160 valence electrons. The maximum atomic E-state index is 13.0. The van der Waals surface area contributed by atoms with Gasteiger partial charge in [-0.05, 0) is 39.8 Å². The van der Waals surface area contributed by atoms with Crippen molar-refractivity contribution >= 4 is 27.6 Å². The fraction of sp³-hybridized carbons (Fsp3) is 0.579. The minimum atomic E-state index is -3.72. The van der Waals surface area contributed by atoms with Crippen LogP contribution in [0.4, 0.5) is 10.5 Å². The van der Waals surface area contributed by atoms with Gasteiger partial charge in [-0.15, -0.1) is 0 Å². The van der Waals surface area contributed by atoms with Gasteiger partial charge in [0.25, 0.3) is 5.91 Å². The summed E-state index contributed by atoms with van der Waals surface area (Å²) in [4.78, 5) is 27.6. The van der Waals surface area contributed by atoms with E-state index >= 15 is 0 Å². The Morgan fingerprint density at radius 3 is 2.28 bits per heavy atom. The lowest BCUT2D eigenvalue weighted by molar-refractivity contribution is -0.125. The first-order valence-corrected chi connectivity index (χ1v) is 11.1. The fourth-order valence-corrected chi connectivity index (χ4v) is 4.80. The average Bonchev–Trinajstić information content (AvgIpc) is 2.96. The highest BCUT2D eigenvalue weighted by Crippen LogP contribution is 2.35. The summed E-state index contributed by atoms with van der Waals surface area (Å²) < 4.78 is 38.4. The van der Waals surface area contributed by atoms with Crippen molar-refractivity contribution in [3.05, 3.63) is 18.2 Å². The first kappa shape index (κ1) is 21.5. The van der Waals surface area contributed by atoms with Crippen molar-refractivity contribution in [1.82, 2.24) is 9.21 Å². The third-order valence-electron chi connectivity index (χ3n) is 4.71. The molecule has 0 aliphatic carbocycles. The quantitative estimate of drug-likeness (QED) is 0.644. The first-order chi connectivity index (χ1) is 13.6. The molecule has 0 unspecified atom stereocenters. The highest BCUT2D eigenvalue weighted by atomic mass is 32.2. The molecule has 3 rings (SSSR count). The minimum Gasteiger partial charge on any atom is -0.489 e. The number of carbonyl (C=O) groups is 2. The van der Waals surface area contributed by atoms with Crippen molar-refractivity contribution in [2.45, 2.75) is 44.7 Å². The fourth-order valence-electron chi connectivity index (χ4n) is 3.38. The zero-order chi connectivity index (χ0) is 21.3. The Hall–Kier alpha value is -2.17. The molecule has 0 radical (unpaired) electrons. The molecule has 0 atom stereocenters. The summed E-state index contributed by atoms with van der Waals surface area (Å²) in [6, 6.07) is 3.69. The summed E-state index contributed by atoms with van der Waals surface area (Å²) in [5.41, 5.74) is 0.376. The number of anilines is 1. The van der Waals surface area contributed by atoms with E-state index in [1.165, 1.54) is 32.3 Å². The molecule has 2 aliphatic heterocycles. The number of hydrogen-bond donors (Lipinski definition) is 0. The molecule has 2 aliphatic rings. The van der Waals surface area contributed by atoms with Crippen molar-refractivity contribution < 1.29 is 27.5 Å². The van der Waals surface area contributed by atoms with Crippen LogP contribution in [-0.4, -0.2) is 74.6 Å². The SMILES string of the molecule is CC(C)Oc1cc(S(=O)(=O)N2CCOCC2)ccc1N1CC(=O)N(C(C)C)C1=O. The van der Waals surface area contributed by atoms with E-state index in [2.05, 4.69) is 0 Å². The summed E-state index contributed by atoms with van der Waals surface area (Å²) in [7, 11) is -3.72. The predicted molar refractivity (Wildman–Crippen MR) is 107 cm³/mol. The molecule has 9 nitrogen and oxygen atoms in total. The van der Waals surface area contributed by atoms with E-state index in [4.69, 9.17) is 9.47 Å². The Bertz CT molecular complexity index is 893. The predicted octanol–water partition coefficient (Wildman–Crippen LogP) is 1.67. The summed E-state index contributed by atoms with van der Waals surface area (Å²) >= 11 is 0. The Morgan fingerprint density at radius 1 is 1.07 bits per heavy atom. The van der Waals surface area contributed by atoms with Gasteiger partial charge < -0.3 is 9.47 Å². The van der Waals surface area contributed by atoms with Crippen molar-refractivity contribution in [2.75, 3.05) is 37.7 Å². The lowest BCUT2D eigenvalue weighted by atomic mass is 10.2. The molecular formula is C19H27N3O6S. The minimum absolute atomic E-state index is 0.0810. The van der Waals surface area contributed by atoms with Crippen molar-refractivity contribution in [1.29, 1.82) is 0 Å². The topological polar surface area (TPSA) is 96.5 Å². The number of imide groups is 1. The molecule has 0 bridgehead atoms. The van der Waals surface area contributed by atoms with Crippen molar-refractivity contribution in [3.63, 3.8) is 0 Å². The van der Waals surface area contributed by atoms with E-state index in [1.54, 1.807) is 13.8 Å². The monoisotopic (exact) mass is 425 g/mol. The number of morpholine rings is 1. The van der Waals surface area contributed by atoms with E-state index in [1.807, 2.05) is 13.8 Å². The molecule has 0 spiro atoms. The summed E-state index contributed by atoms with van der Waals surface area (Å²) in [6.07, 6.45) is -0.246. The van der Waals surface area contributed by atoms with Crippen LogP contribution in [0.5, 0.6) is 5.75 Å². The number of benzene rings is 1. The van der Waals surface area contributed by atoms with Gasteiger partial charge in [-0.1, -0.05) is 0 Å². The Kier molecular flexibility index (Phi) is 6.16. The smallest absolute Gasteiger partial charge is 0.332 e. The number of amides is 3. The second kappa shape index (κ2) is 8.29. The van der Waals surface area contributed by atoms with Crippen LogP contribution >= 0.6 is 0 Å². The summed E-state index contributed by atoms with van der Waals surface area (Å²) in [5, 5.41) is 0. The van der Waals surface area contributed by atoms with Gasteiger partial charge in [-0.2, -0.15) is 4.31 Å². The van der Waals surface area contributed by atoms with Gasteiger partial charge in [0.15, 0.2) is 0 Å². The molecular weight excluding hydrogens is 398 g/mol. The van der Waals surface area contributed by atoms with Crippen molar-refractivity contribution in [2.24, 2.45) is 0 Å². The average molecular weight is 426 g/mol. The van der Waals surface area contributed by atoms with Gasteiger partial charge in [-0.3, -0.25) is 14.6 Å². The Labute approximate surface area is 171 Å². The molecule has 1 aromatic carbocycles. The number of carbonyl (C=O) groups excluding carboxylic acids is 2. The lowest BCUT2D eigenvalue weighted by Crippen LogP contribution is -2.40. The Morgan fingerprint density at radius 2 is 1.72 bits per heavy atom. The van der Waals surface area contributed by atoms with E-state index in [9.17, 15) is 18.0 Å². The number of rotatable bonds is 6. The molecule has 2 heterocycles. The number of ether oxygens (including phenoxy) is 2. The van der Waals surface area contributed by atoms with Gasteiger partial charge in [-0.25, -0.2) is 13.2 Å². The van der Waals surface area contributed by atoms with E-state index < -0.39 is 16.1 Å². The maximum Gasteiger partial charge on any atom is 0.332 e. The van der Waals surface area contributed by atoms with E-state index in [0.717, 1.165) is 0 Å². The van der Waals surface area contributed by atoms with Gasteiger partial charge in [0.05, 0.1) is 29.9 Å². The first-order valence-electron chi connectivity index (χ1n) is 9.65.